The van der Waals surface area contributed by atoms with Crippen LogP contribution in [0.4, 0.5) is 5.13 Å². The molecule has 2 aromatic rings. The number of anilines is 1. The minimum absolute atomic E-state index is 0.156. The van der Waals surface area contributed by atoms with Crippen molar-refractivity contribution in [2.75, 3.05) is 5.32 Å². The van der Waals surface area contributed by atoms with Gasteiger partial charge in [-0.15, -0.1) is 11.3 Å². The quantitative estimate of drug-likeness (QED) is 0.906. The van der Waals surface area contributed by atoms with E-state index in [9.17, 15) is 0 Å². The first-order chi connectivity index (χ1) is 8.51. The molecule has 2 rings (SSSR count). The van der Waals surface area contributed by atoms with E-state index in [1.165, 1.54) is 26.7 Å². The van der Waals surface area contributed by atoms with Crippen molar-refractivity contribution in [3.8, 4) is 6.07 Å². The van der Waals surface area contributed by atoms with E-state index in [0.29, 0.717) is 10.0 Å². The third-order valence-electron chi connectivity index (χ3n) is 2.57. The molecule has 0 aliphatic heterocycles. The van der Waals surface area contributed by atoms with Crippen LogP contribution >= 0.6 is 34.3 Å². The molecule has 1 unspecified atom stereocenters. The van der Waals surface area contributed by atoms with Crippen LogP contribution in [0.15, 0.2) is 6.07 Å². The van der Waals surface area contributed by atoms with Gasteiger partial charge in [-0.1, -0.05) is 22.9 Å². The molecule has 0 saturated carbocycles. The first-order valence-electron chi connectivity index (χ1n) is 5.41. The minimum atomic E-state index is 0.156. The summed E-state index contributed by atoms with van der Waals surface area (Å²) in [4.78, 5) is 7.18. The molecule has 6 heteroatoms. The molecule has 2 heterocycles. The highest BCUT2D eigenvalue weighted by Crippen LogP contribution is 2.32. The van der Waals surface area contributed by atoms with E-state index in [1.54, 1.807) is 11.3 Å². The lowest BCUT2D eigenvalue weighted by Crippen LogP contribution is -2.06. The molecule has 18 heavy (non-hydrogen) atoms. The number of nitriles is 1. The monoisotopic (exact) mass is 297 g/mol. The van der Waals surface area contributed by atoms with E-state index in [1.807, 2.05) is 6.07 Å². The predicted molar refractivity (Wildman–Crippen MR) is 77.7 cm³/mol. The average molecular weight is 298 g/mol. The van der Waals surface area contributed by atoms with Crippen molar-refractivity contribution in [3.63, 3.8) is 0 Å². The normalized spacial score (nSPS) is 12.2. The van der Waals surface area contributed by atoms with Gasteiger partial charge in [0.15, 0.2) is 10.3 Å². The molecule has 3 nitrogen and oxygen atoms in total. The van der Waals surface area contributed by atoms with Crippen LogP contribution in [0.3, 0.4) is 0 Å². The van der Waals surface area contributed by atoms with E-state index < -0.39 is 0 Å². The molecule has 0 saturated heterocycles. The van der Waals surface area contributed by atoms with Gasteiger partial charge in [0.25, 0.3) is 0 Å². The van der Waals surface area contributed by atoms with Crippen molar-refractivity contribution in [1.29, 1.82) is 5.26 Å². The Labute approximate surface area is 119 Å². The number of aromatic nitrogens is 1. The summed E-state index contributed by atoms with van der Waals surface area (Å²) < 4.78 is 0. The summed E-state index contributed by atoms with van der Waals surface area (Å²) in [5, 5.41) is 13.1. The number of nitrogens with zero attached hydrogens (tertiary/aromatic N) is 2. The number of thiazole rings is 1. The lowest BCUT2D eigenvalue weighted by molar-refractivity contribution is 0.879. The van der Waals surface area contributed by atoms with Gasteiger partial charge in [-0.2, -0.15) is 5.26 Å². The Morgan fingerprint density at radius 2 is 2.17 bits per heavy atom. The summed E-state index contributed by atoms with van der Waals surface area (Å²) in [6.07, 6.45) is 0. The fourth-order valence-corrected chi connectivity index (χ4v) is 3.83. The van der Waals surface area contributed by atoms with Crippen LogP contribution in [0.2, 0.25) is 5.15 Å². The lowest BCUT2D eigenvalue weighted by Gasteiger charge is -2.12. The Morgan fingerprint density at radius 1 is 1.44 bits per heavy atom. The summed E-state index contributed by atoms with van der Waals surface area (Å²) in [7, 11) is 0. The van der Waals surface area contributed by atoms with Gasteiger partial charge in [0.1, 0.15) is 10.9 Å². The molecular formula is C12H12ClN3S2. The standard InChI is InChI=1S/C12H12ClN3S2/c1-6-4-9(8(3)17-6)7(2)15-12-16-11(13)10(5-14)18-12/h4,7H,1-3H3,(H,15,16). The Hall–Kier alpha value is -1.09. The molecule has 1 N–H and O–H groups in total. The second-order valence-corrected chi connectivity index (χ2v) is 6.80. The van der Waals surface area contributed by atoms with Gasteiger partial charge < -0.3 is 5.32 Å². The van der Waals surface area contributed by atoms with Crippen LogP contribution in [-0.4, -0.2) is 4.98 Å². The van der Waals surface area contributed by atoms with Crippen molar-refractivity contribution in [2.45, 2.75) is 26.8 Å². The molecule has 0 bridgehead atoms. The summed E-state index contributed by atoms with van der Waals surface area (Å²) in [6.45, 7) is 6.29. The van der Waals surface area contributed by atoms with Crippen LogP contribution in [0.5, 0.6) is 0 Å². The summed E-state index contributed by atoms with van der Waals surface area (Å²) in [6, 6.07) is 4.37. The highest BCUT2D eigenvalue weighted by molar-refractivity contribution is 7.16. The van der Waals surface area contributed by atoms with Gasteiger partial charge >= 0.3 is 0 Å². The van der Waals surface area contributed by atoms with Gasteiger partial charge in [0.2, 0.25) is 0 Å². The number of nitrogens with one attached hydrogen (secondary N) is 1. The molecule has 0 aromatic carbocycles. The second-order valence-electron chi connectivity index (χ2n) is 3.99. The molecule has 1 atom stereocenters. The number of hydrogen-bond acceptors (Lipinski definition) is 5. The van der Waals surface area contributed by atoms with Crippen LogP contribution in [-0.2, 0) is 0 Å². The minimum Gasteiger partial charge on any atom is -0.355 e. The summed E-state index contributed by atoms with van der Waals surface area (Å²) in [5.41, 5.74) is 1.27. The molecule has 0 radical (unpaired) electrons. The zero-order valence-corrected chi connectivity index (χ0v) is 12.6. The Bertz CT molecular complexity index is 609. The highest BCUT2D eigenvalue weighted by Gasteiger charge is 2.14. The van der Waals surface area contributed by atoms with E-state index >= 15 is 0 Å². The number of halogens is 1. The van der Waals surface area contributed by atoms with Crippen molar-refractivity contribution in [1.82, 2.24) is 4.98 Å². The fourth-order valence-electron chi connectivity index (χ4n) is 1.78. The molecule has 0 spiro atoms. The number of thiophene rings is 1. The van der Waals surface area contributed by atoms with Crippen LogP contribution in [0.1, 0.15) is 33.2 Å². The first-order valence-corrected chi connectivity index (χ1v) is 7.42. The molecule has 94 valence electrons. The predicted octanol–water partition coefficient (Wildman–Crippen LogP) is 4.52. The third kappa shape index (κ3) is 2.66. The van der Waals surface area contributed by atoms with Crippen LogP contribution < -0.4 is 5.32 Å². The summed E-state index contributed by atoms with van der Waals surface area (Å²) >= 11 is 8.92. The van der Waals surface area contributed by atoms with Crippen molar-refractivity contribution >= 4 is 39.4 Å². The van der Waals surface area contributed by atoms with Crippen LogP contribution in [0, 0.1) is 25.2 Å². The largest absolute Gasteiger partial charge is 0.355 e. The van der Waals surface area contributed by atoms with Gasteiger partial charge in [-0.3, -0.25) is 0 Å². The molecular weight excluding hydrogens is 286 g/mol. The Morgan fingerprint density at radius 3 is 2.67 bits per heavy atom. The molecule has 0 aliphatic carbocycles. The van der Waals surface area contributed by atoms with Gasteiger partial charge in [0.05, 0.1) is 6.04 Å². The third-order valence-corrected chi connectivity index (χ3v) is 4.83. The van der Waals surface area contributed by atoms with E-state index in [2.05, 4.69) is 37.1 Å². The molecule has 2 aromatic heterocycles. The van der Waals surface area contributed by atoms with Crippen LogP contribution in [0.25, 0.3) is 0 Å². The van der Waals surface area contributed by atoms with E-state index in [4.69, 9.17) is 16.9 Å². The maximum Gasteiger partial charge on any atom is 0.185 e. The van der Waals surface area contributed by atoms with Crippen molar-refractivity contribution < 1.29 is 0 Å². The Balaban J connectivity index is 2.18. The lowest BCUT2D eigenvalue weighted by atomic mass is 10.1. The first kappa shape index (κ1) is 13.3. The van der Waals surface area contributed by atoms with Gasteiger partial charge in [-0.05, 0) is 32.4 Å². The van der Waals surface area contributed by atoms with E-state index in [0.717, 1.165) is 0 Å². The zero-order valence-electron chi connectivity index (χ0n) is 10.2. The zero-order chi connectivity index (χ0) is 13.3. The second kappa shape index (κ2) is 5.27. The Kier molecular flexibility index (Phi) is 3.91. The van der Waals surface area contributed by atoms with E-state index in [-0.39, 0.29) is 11.2 Å². The molecule has 0 amide bonds. The van der Waals surface area contributed by atoms with Gasteiger partial charge in [-0.25, -0.2) is 4.98 Å². The number of rotatable bonds is 3. The molecule has 0 aliphatic rings. The number of aryl methyl sites for hydroxylation is 2. The maximum absolute atomic E-state index is 8.84. The smallest absolute Gasteiger partial charge is 0.185 e. The van der Waals surface area contributed by atoms with Crippen molar-refractivity contribution in [2.24, 2.45) is 0 Å². The maximum atomic E-state index is 8.84. The van der Waals surface area contributed by atoms with Gasteiger partial charge in [0, 0.05) is 9.75 Å². The van der Waals surface area contributed by atoms with Crippen molar-refractivity contribution in [3.05, 3.63) is 31.4 Å². The summed E-state index contributed by atoms with van der Waals surface area (Å²) in [5.74, 6) is 0. The molecule has 0 fully saturated rings. The number of hydrogen-bond donors (Lipinski definition) is 1. The highest BCUT2D eigenvalue weighted by atomic mass is 35.5. The fraction of sp³-hybridized carbons (Fsp3) is 0.333. The average Bonchev–Trinajstić information content (AvgIpc) is 2.81. The topological polar surface area (TPSA) is 48.7 Å². The SMILES string of the molecule is Cc1cc(C(C)Nc2nc(Cl)c(C#N)s2)c(C)s1.